The zero-order valence-corrected chi connectivity index (χ0v) is 22.0. The van der Waals surface area contributed by atoms with Gasteiger partial charge in [0.15, 0.2) is 0 Å². The number of pyridine rings is 3. The van der Waals surface area contributed by atoms with Gasteiger partial charge in [-0.3, -0.25) is 9.97 Å². The third-order valence-electron chi connectivity index (χ3n) is 4.96. The second-order valence-corrected chi connectivity index (χ2v) is 7.31. The van der Waals surface area contributed by atoms with Crippen LogP contribution in [0.2, 0.25) is 0 Å². The number of rotatable bonds is 3. The number of benzene rings is 2. The van der Waals surface area contributed by atoms with Crippen molar-refractivity contribution < 1.29 is 17.9 Å². The number of nitrogens with zero attached hydrogens (tertiary/aromatic N) is 3. The molecule has 0 fully saturated rings. The van der Waals surface area contributed by atoms with Crippen LogP contribution >= 0.6 is 9.58 Å². The van der Waals surface area contributed by atoms with Gasteiger partial charge in [-0.2, -0.15) is 0 Å². The summed E-state index contributed by atoms with van der Waals surface area (Å²) < 4.78 is 0. The minimum atomic E-state index is 0.946. The maximum atomic E-state index is 4.64. The van der Waals surface area contributed by atoms with Gasteiger partial charge in [-0.15, -0.1) is 59.2 Å². The van der Waals surface area contributed by atoms with E-state index >= 15 is 0 Å². The quantitative estimate of drug-likeness (QED) is 0.192. The van der Waals surface area contributed by atoms with Crippen molar-refractivity contribution in [1.29, 1.82) is 0 Å². The molecule has 0 aliphatic rings. The molecule has 3 nitrogen and oxygen atoms in total. The van der Waals surface area contributed by atoms with Crippen molar-refractivity contribution in [3.8, 4) is 33.8 Å². The smallest absolute Gasteiger partial charge is 0.0160 e. The van der Waals surface area contributed by atoms with Crippen molar-refractivity contribution in [1.82, 2.24) is 15.0 Å². The minimum absolute atomic E-state index is 0.946. The van der Waals surface area contributed by atoms with E-state index in [2.05, 4.69) is 56.6 Å². The molecule has 2 aromatic carbocycles. The molecule has 0 unspecified atom stereocenters. The van der Waals surface area contributed by atoms with Gasteiger partial charge in [0.05, 0.1) is 0 Å². The summed E-state index contributed by atoms with van der Waals surface area (Å²) in [6.45, 7) is 4.19. The van der Waals surface area contributed by atoms with Gasteiger partial charge in [0, 0.05) is 30.0 Å². The molecule has 0 saturated carbocycles. The maximum Gasteiger partial charge on any atom is 0.0160 e. The van der Waals surface area contributed by atoms with Crippen molar-refractivity contribution in [2.75, 3.05) is 0 Å². The molecule has 0 N–H and O–H groups in total. The van der Waals surface area contributed by atoms with Gasteiger partial charge in [-0.1, -0.05) is 61.4 Å². The molecule has 5 rings (SSSR count). The summed E-state index contributed by atoms with van der Waals surface area (Å²) in [6, 6.07) is 34.3. The van der Waals surface area contributed by atoms with Crippen molar-refractivity contribution >= 4 is 9.58 Å². The summed E-state index contributed by atoms with van der Waals surface area (Å²) in [5, 5.41) is 0. The van der Waals surface area contributed by atoms with E-state index in [4.69, 9.17) is 0 Å². The molecule has 0 saturated heterocycles. The van der Waals surface area contributed by atoms with Crippen LogP contribution in [0.4, 0.5) is 0 Å². The SMILES string of the molecule is Cc1cc(C)c(-c2ccccn2)[c-]c1-c1ccccn1.[Cl][Ir+2].[c-]1ccccc1-c1ccccn1. The Hall–Kier alpha value is -3.17. The fraction of sp³-hybridized carbons (Fsp3) is 0.0690. The number of halogens is 1. The topological polar surface area (TPSA) is 38.7 Å². The molecule has 0 bridgehead atoms. The number of aryl methyl sites for hydroxylation is 2. The Kier molecular flexibility index (Phi) is 10.1. The zero-order valence-electron chi connectivity index (χ0n) is 18.9. The van der Waals surface area contributed by atoms with Crippen LogP contribution in [0.15, 0.2) is 104 Å². The maximum absolute atomic E-state index is 4.64. The fourth-order valence-electron chi connectivity index (χ4n) is 3.42. The first kappa shape index (κ1) is 25.5. The van der Waals surface area contributed by atoms with Crippen LogP contribution in [0.3, 0.4) is 0 Å². The molecule has 0 amide bonds. The fourth-order valence-corrected chi connectivity index (χ4v) is 3.42. The summed E-state index contributed by atoms with van der Waals surface area (Å²) >= 11 is 1.47. The van der Waals surface area contributed by atoms with Gasteiger partial charge in [0.2, 0.25) is 0 Å². The van der Waals surface area contributed by atoms with E-state index in [1.165, 1.54) is 29.0 Å². The summed E-state index contributed by atoms with van der Waals surface area (Å²) in [7, 11) is 4.64. The summed E-state index contributed by atoms with van der Waals surface area (Å²) in [5.41, 5.74) is 8.34. The van der Waals surface area contributed by atoms with E-state index in [0.29, 0.717) is 0 Å². The van der Waals surface area contributed by atoms with Gasteiger partial charge in [0.1, 0.15) is 0 Å². The monoisotopic (exact) mass is 641 g/mol. The first-order valence-electron chi connectivity index (χ1n) is 10.6. The Morgan fingerprint density at radius 1 is 0.618 bits per heavy atom. The largest absolute Gasteiger partial charge is 0.305 e. The molecule has 3 heterocycles. The number of hydrogen-bond acceptors (Lipinski definition) is 3. The van der Waals surface area contributed by atoms with E-state index < -0.39 is 0 Å². The van der Waals surface area contributed by atoms with Crippen LogP contribution in [-0.4, -0.2) is 15.0 Å². The van der Waals surface area contributed by atoms with Crippen LogP contribution in [0.1, 0.15) is 11.1 Å². The average molecular weight is 641 g/mol. The number of aromatic nitrogens is 3. The molecule has 5 aromatic rings. The first-order valence-corrected chi connectivity index (χ1v) is 13.6. The van der Waals surface area contributed by atoms with Crippen molar-refractivity contribution in [3.63, 3.8) is 0 Å². The summed E-state index contributed by atoms with van der Waals surface area (Å²) in [6.07, 6.45) is 5.40. The van der Waals surface area contributed by atoms with Gasteiger partial charge >= 0.3 is 27.5 Å². The molecule has 3 aromatic heterocycles. The molecule has 5 heteroatoms. The molecule has 0 atom stereocenters. The van der Waals surface area contributed by atoms with Crippen molar-refractivity contribution in [2.45, 2.75) is 13.8 Å². The molecule has 0 aliphatic carbocycles. The van der Waals surface area contributed by atoms with Gasteiger partial charge in [0.25, 0.3) is 0 Å². The van der Waals surface area contributed by atoms with Crippen LogP contribution in [0.25, 0.3) is 33.8 Å². The Morgan fingerprint density at radius 2 is 1.09 bits per heavy atom. The predicted molar refractivity (Wildman–Crippen MR) is 136 cm³/mol. The van der Waals surface area contributed by atoms with Crippen molar-refractivity contribution in [3.05, 3.63) is 127 Å². The van der Waals surface area contributed by atoms with E-state index in [1.807, 2.05) is 91.3 Å². The van der Waals surface area contributed by atoms with Gasteiger partial charge in [-0.25, -0.2) is 0 Å². The Morgan fingerprint density at radius 3 is 1.50 bits per heavy atom. The van der Waals surface area contributed by atoms with Crippen LogP contribution in [0.5, 0.6) is 0 Å². The van der Waals surface area contributed by atoms with E-state index in [-0.39, 0.29) is 0 Å². The third-order valence-corrected chi connectivity index (χ3v) is 4.96. The first-order chi connectivity index (χ1) is 16.7. The molecule has 170 valence electrons. The average Bonchev–Trinajstić information content (AvgIpc) is 2.92. The number of hydrogen-bond donors (Lipinski definition) is 0. The second-order valence-electron chi connectivity index (χ2n) is 7.31. The van der Waals surface area contributed by atoms with E-state index in [0.717, 1.165) is 33.8 Å². The normalized spacial score (nSPS) is 9.76. The minimum Gasteiger partial charge on any atom is -0.305 e. The summed E-state index contributed by atoms with van der Waals surface area (Å²) in [4.78, 5) is 13.1. The molecular weight excluding hydrogens is 618 g/mol. The molecule has 34 heavy (non-hydrogen) atoms. The van der Waals surface area contributed by atoms with E-state index in [1.54, 1.807) is 6.20 Å². The zero-order chi connectivity index (χ0) is 24.2. The Bertz CT molecular complexity index is 1170. The molecule has 0 aliphatic heterocycles. The summed E-state index contributed by atoms with van der Waals surface area (Å²) in [5.74, 6) is 0. The van der Waals surface area contributed by atoms with Crippen LogP contribution in [-0.2, 0) is 17.9 Å². The van der Waals surface area contributed by atoms with Gasteiger partial charge < -0.3 is 4.98 Å². The second kappa shape index (κ2) is 13.5. The van der Waals surface area contributed by atoms with Crippen LogP contribution in [0, 0.1) is 26.0 Å². The Labute approximate surface area is 216 Å². The standard InChI is InChI=1S/C18H15N2.C11H8N.ClH.Ir/c1-13-11-14(2)16(18-8-4-6-10-20-18)12-15(13)17-7-3-5-9-19-17;1-2-6-10(7-3-1)11-8-4-5-9-12-11;;/h3-11H,1-2H3;1-6,8-9H;1H;/q2*-1;;+3/p-1. The van der Waals surface area contributed by atoms with Crippen LogP contribution < -0.4 is 0 Å². The van der Waals surface area contributed by atoms with Gasteiger partial charge in [-0.05, 0) is 23.9 Å². The van der Waals surface area contributed by atoms with Crippen molar-refractivity contribution in [2.24, 2.45) is 0 Å². The predicted octanol–water partition coefficient (Wildman–Crippen LogP) is 7.46. The molecule has 0 spiro atoms. The Balaban J connectivity index is 0.000000197. The van der Waals surface area contributed by atoms with E-state index in [9.17, 15) is 0 Å². The molecular formula is C29H23ClIrN3. The third kappa shape index (κ3) is 6.91. The molecule has 0 radical (unpaired) electrons.